The van der Waals surface area contributed by atoms with Crippen LogP contribution in [0, 0.1) is 0 Å². The molecule has 0 aliphatic heterocycles. The molecular formula is C35H76N3O6P. The number of quaternary nitrogens is 1. The second kappa shape index (κ2) is 33.2. The van der Waals surface area contributed by atoms with Crippen LogP contribution in [0.2, 0.25) is 0 Å². The first-order valence-electron chi connectivity index (χ1n) is 18.6. The number of aliphatic hydroxyl groups is 1. The topological polar surface area (TPSA) is 122 Å². The molecule has 0 saturated carbocycles. The number of likely N-dealkylation sites (N-methyl/N-ethyl adjacent to an activating group) is 1. The van der Waals surface area contributed by atoms with Gasteiger partial charge in [-0.15, -0.1) is 0 Å². The minimum Gasteiger partial charge on any atom is -0.756 e. The van der Waals surface area contributed by atoms with Crippen LogP contribution in [0.25, 0.3) is 0 Å². The Hall–Kier alpha value is -0.700. The number of urea groups is 1. The average Bonchev–Trinajstić information content (AvgIpc) is 2.96. The van der Waals surface area contributed by atoms with Gasteiger partial charge in [-0.25, -0.2) is 4.79 Å². The molecule has 0 heterocycles. The summed E-state index contributed by atoms with van der Waals surface area (Å²) in [6, 6.07) is 0.00306. The van der Waals surface area contributed by atoms with Crippen molar-refractivity contribution in [1.82, 2.24) is 10.2 Å². The number of rotatable bonds is 31. The zero-order valence-electron chi connectivity index (χ0n) is 30.4. The highest BCUT2D eigenvalue weighted by Crippen LogP contribution is 2.29. The van der Waals surface area contributed by atoms with Crippen molar-refractivity contribution in [3.05, 3.63) is 0 Å². The van der Waals surface area contributed by atoms with Gasteiger partial charge in [-0.1, -0.05) is 149 Å². The van der Waals surface area contributed by atoms with E-state index in [1.807, 2.05) is 21.1 Å². The molecule has 0 saturated heterocycles. The Kier molecular flexibility index (Phi) is 34.3. The Balaban J connectivity index is 0. The summed E-state index contributed by atoms with van der Waals surface area (Å²) in [6.45, 7) is 7.10. The third-order valence-corrected chi connectivity index (χ3v) is 8.52. The summed E-state index contributed by atoms with van der Waals surface area (Å²) in [6.07, 6.45) is 30.5. The highest BCUT2D eigenvalue weighted by molar-refractivity contribution is 7.44. The van der Waals surface area contributed by atoms with E-state index < -0.39 is 7.82 Å². The molecule has 0 aliphatic rings. The van der Waals surface area contributed by atoms with Crippen LogP contribution < -0.4 is 10.2 Å². The Morgan fingerprint density at radius 2 is 1.07 bits per heavy atom. The van der Waals surface area contributed by atoms with E-state index in [0.717, 1.165) is 25.9 Å². The van der Waals surface area contributed by atoms with Gasteiger partial charge in [-0.05, 0) is 12.8 Å². The number of nitrogens with one attached hydrogen (secondary N) is 1. The van der Waals surface area contributed by atoms with Crippen molar-refractivity contribution in [2.45, 2.75) is 162 Å². The van der Waals surface area contributed by atoms with Gasteiger partial charge in [0.2, 0.25) is 0 Å². The summed E-state index contributed by atoms with van der Waals surface area (Å²) in [5, 5.41) is 12.4. The van der Waals surface area contributed by atoms with Gasteiger partial charge in [-0.3, -0.25) is 4.57 Å². The number of carbonyl (C=O) groups excluding carboxylic acids is 1. The molecule has 0 aromatic rings. The van der Waals surface area contributed by atoms with E-state index in [1.54, 1.807) is 4.90 Å². The van der Waals surface area contributed by atoms with Gasteiger partial charge in [-0.2, -0.15) is 0 Å². The lowest BCUT2D eigenvalue weighted by Gasteiger charge is -2.25. The van der Waals surface area contributed by atoms with E-state index in [-0.39, 0.29) is 19.2 Å². The minimum atomic E-state index is -4.51. The van der Waals surface area contributed by atoms with Crippen LogP contribution in [0.5, 0.6) is 0 Å². The van der Waals surface area contributed by atoms with E-state index in [0.29, 0.717) is 17.6 Å². The maximum Gasteiger partial charge on any atom is 0.317 e. The molecular weight excluding hydrogens is 589 g/mol. The summed E-state index contributed by atoms with van der Waals surface area (Å²) < 4.78 is 14.8. The van der Waals surface area contributed by atoms with E-state index in [2.05, 4.69) is 23.7 Å². The summed E-state index contributed by atoms with van der Waals surface area (Å²) in [7, 11) is 1.19. The molecule has 0 aliphatic carbocycles. The van der Waals surface area contributed by atoms with Crippen molar-refractivity contribution in [3.63, 3.8) is 0 Å². The summed E-state index contributed by atoms with van der Waals surface area (Å²) in [5.41, 5.74) is 0. The van der Waals surface area contributed by atoms with E-state index in [1.165, 1.54) is 135 Å². The molecule has 1 unspecified atom stereocenters. The Labute approximate surface area is 279 Å². The van der Waals surface area contributed by atoms with Crippen LogP contribution in [0.15, 0.2) is 0 Å². The lowest BCUT2D eigenvalue weighted by Crippen LogP contribution is -2.42. The smallest absolute Gasteiger partial charge is 0.317 e. The van der Waals surface area contributed by atoms with Crippen LogP contribution in [0.4, 0.5) is 4.79 Å². The first kappa shape index (κ1) is 46.4. The Morgan fingerprint density at radius 3 is 1.42 bits per heavy atom. The molecule has 2 amide bonds. The summed E-state index contributed by atoms with van der Waals surface area (Å²) in [5.74, 6) is 0. The van der Waals surface area contributed by atoms with Crippen LogP contribution in [0.3, 0.4) is 0 Å². The number of phosphoric ester groups is 1. The number of hydrogen-bond acceptors (Lipinski definition) is 5. The van der Waals surface area contributed by atoms with Gasteiger partial charge in [0.1, 0.15) is 13.2 Å². The predicted octanol–water partition coefficient (Wildman–Crippen LogP) is 8.17. The fraction of sp³-hybridized carbons (Fsp3) is 0.971. The minimum absolute atomic E-state index is 0.00306. The Morgan fingerprint density at radius 1 is 0.689 bits per heavy atom. The number of nitrogens with zero attached hydrogens (tertiary/aromatic N) is 2. The van der Waals surface area contributed by atoms with Crippen molar-refractivity contribution >= 4 is 13.9 Å². The van der Waals surface area contributed by atoms with Gasteiger partial charge >= 0.3 is 6.03 Å². The van der Waals surface area contributed by atoms with E-state index in [4.69, 9.17) is 4.89 Å². The second-order valence-electron chi connectivity index (χ2n) is 13.7. The molecule has 1 atom stereocenters. The molecule has 0 fully saturated rings. The van der Waals surface area contributed by atoms with Gasteiger partial charge in [0, 0.05) is 19.6 Å². The highest BCUT2D eigenvalue weighted by atomic mass is 31.2. The number of amides is 2. The molecule has 9 nitrogen and oxygen atoms in total. The molecule has 45 heavy (non-hydrogen) atoms. The first-order chi connectivity index (χ1) is 21.5. The second-order valence-corrected chi connectivity index (χ2v) is 14.9. The first-order valence-corrected chi connectivity index (χ1v) is 20.1. The molecule has 10 heteroatoms. The molecule has 0 spiro atoms. The number of unbranched alkanes of at least 4 members (excludes halogenated alkanes) is 21. The van der Waals surface area contributed by atoms with Crippen molar-refractivity contribution in [3.8, 4) is 0 Å². The fourth-order valence-electron chi connectivity index (χ4n) is 5.11. The molecule has 0 bridgehead atoms. The Bertz CT molecular complexity index is 672. The molecule has 0 radical (unpaired) electrons. The third kappa shape index (κ3) is 41.3. The monoisotopic (exact) mass is 666 g/mol. The van der Waals surface area contributed by atoms with Crippen LogP contribution in [0.1, 0.15) is 162 Å². The lowest BCUT2D eigenvalue weighted by molar-refractivity contribution is -0.870. The number of phosphoric acid groups is 1. The highest BCUT2D eigenvalue weighted by Gasteiger charge is 2.12. The van der Waals surface area contributed by atoms with Crippen molar-refractivity contribution in [2.75, 3.05) is 60.5 Å². The largest absolute Gasteiger partial charge is 0.756 e. The van der Waals surface area contributed by atoms with Crippen LogP contribution in [-0.4, -0.2) is 85.9 Å². The van der Waals surface area contributed by atoms with Gasteiger partial charge in [0.05, 0.1) is 27.7 Å². The average molecular weight is 666 g/mol. The zero-order chi connectivity index (χ0) is 34.1. The molecule has 272 valence electrons. The molecule has 0 rings (SSSR count). The molecule has 3 N–H and O–H groups in total. The SMILES string of the molecule is CCCCCCCCCCCCCCCCNC(=O)N(CCO)CCCCCCCCCCC.C[N+](C)(C)CCOP(=O)([O-])O. The van der Waals surface area contributed by atoms with E-state index >= 15 is 0 Å². The molecule has 0 aromatic carbocycles. The predicted molar refractivity (Wildman–Crippen MR) is 188 cm³/mol. The van der Waals surface area contributed by atoms with Gasteiger partial charge in [0.25, 0.3) is 7.82 Å². The molecule has 0 aromatic heterocycles. The van der Waals surface area contributed by atoms with Crippen molar-refractivity contribution in [2.24, 2.45) is 0 Å². The maximum absolute atomic E-state index is 12.4. The quantitative estimate of drug-likeness (QED) is 0.0390. The normalized spacial score (nSPS) is 12.8. The van der Waals surface area contributed by atoms with Crippen molar-refractivity contribution < 1.29 is 33.3 Å². The fourth-order valence-corrected chi connectivity index (χ4v) is 5.42. The van der Waals surface area contributed by atoms with E-state index in [9.17, 15) is 19.4 Å². The number of aliphatic hydroxyl groups excluding tert-OH is 1. The third-order valence-electron chi connectivity index (χ3n) is 8.01. The van der Waals surface area contributed by atoms with Crippen molar-refractivity contribution in [1.29, 1.82) is 0 Å². The maximum atomic E-state index is 12.4. The number of carbonyl (C=O) groups is 1. The number of hydrogen-bond donors (Lipinski definition) is 3. The van der Waals surface area contributed by atoms with Crippen LogP contribution in [-0.2, 0) is 9.09 Å². The standard InChI is InChI=1S/C30H62N2O2.C5H14NO4P/c1-3-5-7-9-11-13-14-15-16-17-18-20-22-24-26-31-30(34)32(28-29-33)27-25-23-21-19-12-10-8-6-4-2;1-6(2,3)4-5-10-11(7,8)9/h33H,3-29H2,1-2H3,(H,31,34);4-5H2,1-3H3,(H-,7,8,9). The zero-order valence-corrected chi connectivity index (χ0v) is 31.3. The summed E-state index contributed by atoms with van der Waals surface area (Å²) in [4.78, 5) is 32.5. The van der Waals surface area contributed by atoms with Gasteiger partial charge < -0.3 is 34.1 Å². The summed E-state index contributed by atoms with van der Waals surface area (Å²) >= 11 is 0. The van der Waals surface area contributed by atoms with Gasteiger partial charge in [0.15, 0.2) is 0 Å². The van der Waals surface area contributed by atoms with Crippen LogP contribution >= 0.6 is 7.82 Å². The lowest BCUT2D eigenvalue weighted by atomic mass is 10.0.